The number of piperidine rings is 1. The third-order valence-electron chi connectivity index (χ3n) is 8.45. The van der Waals surface area contributed by atoms with Gasteiger partial charge in [-0.25, -0.2) is 0 Å². The van der Waals surface area contributed by atoms with E-state index in [-0.39, 0.29) is 23.9 Å². The van der Waals surface area contributed by atoms with E-state index < -0.39 is 5.97 Å². The Morgan fingerprint density at radius 3 is 2.42 bits per heavy atom. The summed E-state index contributed by atoms with van der Waals surface area (Å²) in [6.07, 6.45) is 5.62. The quantitative estimate of drug-likeness (QED) is 0.484. The van der Waals surface area contributed by atoms with Crippen molar-refractivity contribution in [3.8, 4) is 0 Å². The Hall–Kier alpha value is -3.06. The molecule has 2 aliphatic carbocycles. The Kier molecular flexibility index (Phi) is 5.91. The first-order valence-corrected chi connectivity index (χ1v) is 13.3. The lowest BCUT2D eigenvalue weighted by molar-refractivity contribution is -0.142. The minimum absolute atomic E-state index is 0.0307. The molecule has 3 aliphatic rings. The molecule has 1 aliphatic heterocycles. The molecule has 188 valence electrons. The normalized spacial score (nSPS) is 26.0. The minimum atomic E-state index is -0.748. The second kappa shape index (κ2) is 9.11. The van der Waals surface area contributed by atoms with Crippen molar-refractivity contribution in [2.45, 2.75) is 51.1 Å². The van der Waals surface area contributed by atoms with Crippen molar-refractivity contribution < 1.29 is 14.7 Å². The zero-order valence-corrected chi connectivity index (χ0v) is 21.1. The third-order valence-corrected chi connectivity index (χ3v) is 8.78. The summed E-state index contributed by atoms with van der Waals surface area (Å²) in [5, 5.41) is 18.3. The van der Waals surface area contributed by atoms with Gasteiger partial charge in [0.05, 0.1) is 34.3 Å². The van der Waals surface area contributed by atoms with Gasteiger partial charge in [0.15, 0.2) is 0 Å². The van der Waals surface area contributed by atoms with E-state index in [1.54, 1.807) is 18.3 Å². The SMILES string of the molecule is CC(c1ccc(N2C[C@H]3C[C@H]3C2)cc1)n1ncc2c(Cl)ccc(C(=O)NC3CCC(C(=O)O)CC3)c21. The summed E-state index contributed by atoms with van der Waals surface area (Å²) in [7, 11) is 0. The zero-order valence-electron chi connectivity index (χ0n) is 20.4. The molecular formula is C28H31ClN4O3. The molecule has 0 radical (unpaired) electrons. The van der Waals surface area contributed by atoms with Crippen LogP contribution in [-0.4, -0.2) is 45.9 Å². The van der Waals surface area contributed by atoms with Crippen LogP contribution in [0.2, 0.25) is 5.02 Å². The average Bonchev–Trinajstić information content (AvgIpc) is 3.26. The Balaban J connectivity index is 1.23. The standard InChI is InChI=1S/C28H31ClN4O3/c1-16(17-4-8-22(9-5-17)32-14-19-12-20(19)15-32)33-26-23(10-11-25(29)24(26)13-30-33)27(34)31-21-6-2-18(3-7-21)28(35)36/h4-5,8-11,13,16,18-21H,2-3,6-7,12,14-15H2,1H3,(H,31,34)(H,35,36)/t16?,18?,19-,20+,21?. The van der Waals surface area contributed by atoms with E-state index in [1.165, 1.54) is 12.1 Å². The number of carbonyl (C=O) groups excluding carboxylic acids is 1. The molecule has 3 aromatic rings. The molecule has 8 heteroatoms. The van der Waals surface area contributed by atoms with Crippen molar-refractivity contribution in [1.29, 1.82) is 0 Å². The Bertz CT molecular complexity index is 1300. The highest BCUT2D eigenvalue weighted by atomic mass is 35.5. The number of hydrogen-bond acceptors (Lipinski definition) is 4. The first-order valence-electron chi connectivity index (χ1n) is 12.9. The molecule has 2 N–H and O–H groups in total. The fraction of sp³-hybridized carbons (Fsp3) is 0.464. The topological polar surface area (TPSA) is 87.5 Å². The number of hydrogen-bond donors (Lipinski definition) is 2. The average molecular weight is 507 g/mol. The summed E-state index contributed by atoms with van der Waals surface area (Å²) >= 11 is 6.50. The molecule has 0 spiro atoms. The van der Waals surface area contributed by atoms with Gasteiger partial charge in [-0.2, -0.15) is 5.10 Å². The Morgan fingerprint density at radius 2 is 1.75 bits per heavy atom. The van der Waals surface area contributed by atoms with Gasteiger partial charge in [-0.15, -0.1) is 0 Å². The van der Waals surface area contributed by atoms with Gasteiger partial charge < -0.3 is 15.3 Å². The number of carbonyl (C=O) groups is 2. The zero-order chi connectivity index (χ0) is 25.0. The number of aliphatic carboxylic acids is 1. The first kappa shape index (κ1) is 23.3. The summed E-state index contributed by atoms with van der Waals surface area (Å²) in [5.74, 6) is 0.542. The fourth-order valence-corrected chi connectivity index (χ4v) is 6.27. The van der Waals surface area contributed by atoms with Crippen molar-refractivity contribution in [3.05, 3.63) is 58.7 Å². The van der Waals surface area contributed by atoms with E-state index in [0.717, 1.165) is 41.4 Å². The lowest BCUT2D eigenvalue weighted by Crippen LogP contribution is -2.39. The number of carboxylic acid groups (broad SMARTS) is 1. The molecule has 7 nitrogen and oxygen atoms in total. The van der Waals surface area contributed by atoms with Crippen molar-refractivity contribution in [2.75, 3.05) is 18.0 Å². The van der Waals surface area contributed by atoms with Crippen LogP contribution in [-0.2, 0) is 4.79 Å². The smallest absolute Gasteiger partial charge is 0.306 e. The maximum atomic E-state index is 13.4. The van der Waals surface area contributed by atoms with Gasteiger partial charge in [0.25, 0.3) is 5.91 Å². The number of anilines is 1. The highest BCUT2D eigenvalue weighted by molar-refractivity contribution is 6.36. The maximum absolute atomic E-state index is 13.4. The van der Waals surface area contributed by atoms with Crippen LogP contribution in [0.5, 0.6) is 0 Å². The number of carboxylic acids is 1. The minimum Gasteiger partial charge on any atom is -0.481 e. The summed E-state index contributed by atoms with van der Waals surface area (Å²) in [6.45, 7) is 4.42. The molecule has 1 unspecified atom stereocenters. The van der Waals surface area contributed by atoms with E-state index in [4.69, 9.17) is 11.6 Å². The number of nitrogens with zero attached hydrogens (tertiary/aromatic N) is 3. The number of aromatic nitrogens is 2. The maximum Gasteiger partial charge on any atom is 0.306 e. The summed E-state index contributed by atoms with van der Waals surface area (Å²) in [6, 6.07) is 12.1. The number of fused-ring (bicyclic) bond motifs is 2. The van der Waals surface area contributed by atoms with Crippen molar-refractivity contribution >= 4 is 40.1 Å². The molecule has 2 heterocycles. The van der Waals surface area contributed by atoms with E-state index in [2.05, 4.69) is 46.5 Å². The van der Waals surface area contributed by atoms with Crippen molar-refractivity contribution in [1.82, 2.24) is 15.1 Å². The number of benzene rings is 2. The molecule has 3 atom stereocenters. The number of halogens is 1. The second-order valence-corrected chi connectivity index (χ2v) is 11.1. The van der Waals surface area contributed by atoms with Gasteiger partial charge in [0.2, 0.25) is 0 Å². The molecule has 1 amide bonds. The molecule has 3 fully saturated rings. The van der Waals surface area contributed by atoms with Crippen LogP contribution in [0.3, 0.4) is 0 Å². The number of rotatable bonds is 6. The molecular weight excluding hydrogens is 476 g/mol. The molecule has 6 rings (SSSR count). The van der Waals surface area contributed by atoms with Crippen LogP contribution in [0, 0.1) is 17.8 Å². The highest BCUT2D eigenvalue weighted by Crippen LogP contribution is 2.46. The Labute approximate surface area is 215 Å². The second-order valence-electron chi connectivity index (χ2n) is 10.7. The van der Waals surface area contributed by atoms with Crippen LogP contribution in [0.4, 0.5) is 5.69 Å². The van der Waals surface area contributed by atoms with Crippen molar-refractivity contribution in [2.24, 2.45) is 17.8 Å². The van der Waals surface area contributed by atoms with Gasteiger partial charge in [-0.1, -0.05) is 23.7 Å². The molecule has 0 bridgehead atoms. The van der Waals surface area contributed by atoms with Gasteiger partial charge in [-0.05, 0) is 80.7 Å². The van der Waals surface area contributed by atoms with Crippen LogP contribution < -0.4 is 10.2 Å². The van der Waals surface area contributed by atoms with Gasteiger partial charge in [0, 0.05) is 30.2 Å². The van der Waals surface area contributed by atoms with Gasteiger partial charge in [0.1, 0.15) is 0 Å². The molecule has 2 saturated carbocycles. The highest BCUT2D eigenvalue weighted by Gasteiger charge is 2.45. The largest absolute Gasteiger partial charge is 0.481 e. The molecule has 1 aromatic heterocycles. The van der Waals surface area contributed by atoms with Crippen LogP contribution >= 0.6 is 11.6 Å². The van der Waals surface area contributed by atoms with Crippen LogP contribution in [0.25, 0.3) is 10.9 Å². The first-order chi connectivity index (χ1) is 17.4. The fourth-order valence-electron chi connectivity index (χ4n) is 6.07. The predicted octanol–water partition coefficient (Wildman–Crippen LogP) is 5.13. The van der Waals surface area contributed by atoms with Gasteiger partial charge >= 0.3 is 5.97 Å². The number of nitrogens with one attached hydrogen (secondary N) is 1. The lowest BCUT2D eigenvalue weighted by Gasteiger charge is -2.27. The summed E-state index contributed by atoms with van der Waals surface area (Å²) in [4.78, 5) is 27.1. The van der Waals surface area contributed by atoms with E-state index in [1.807, 2.05) is 4.68 Å². The van der Waals surface area contributed by atoms with E-state index >= 15 is 0 Å². The third kappa shape index (κ3) is 4.23. The van der Waals surface area contributed by atoms with E-state index in [9.17, 15) is 14.7 Å². The molecule has 2 aromatic carbocycles. The van der Waals surface area contributed by atoms with Crippen molar-refractivity contribution in [3.63, 3.8) is 0 Å². The lowest BCUT2D eigenvalue weighted by atomic mass is 9.86. The van der Waals surface area contributed by atoms with Gasteiger partial charge in [-0.3, -0.25) is 14.3 Å². The molecule has 36 heavy (non-hydrogen) atoms. The summed E-state index contributed by atoms with van der Waals surface area (Å²) in [5.41, 5.74) is 3.64. The molecule has 1 saturated heterocycles. The monoisotopic (exact) mass is 506 g/mol. The predicted molar refractivity (Wildman–Crippen MR) is 140 cm³/mol. The van der Waals surface area contributed by atoms with Crippen LogP contribution in [0.15, 0.2) is 42.6 Å². The van der Waals surface area contributed by atoms with E-state index in [0.29, 0.717) is 36.3 Å². The number of amides is 1. The summed E-state index contributed by atoms with van der Waals surface area (Å²) < 4.78 is 1.89. The van der Waals surface area contributed by atoms with Crippen LogP contribution in [0.1, 0.15) is 61.0 Å². The Morgan fingerprint density at radius 1 is 1.06 bits per heavy atom.